The number of hydrogen-bond donors (Lipinski definition) is 1. The van der Waals surface area contributed by atoms with Gasteiger partial charge < -0.3 is 14.6 Å². The molecule has 0 saturated carbocycles. The summed E-state index contributed by atoms with van der Waals surface area (Å²) in [7, 11) is 0. The van der Waals surface area contributed by atoms with E-state index in [-0.39, 0.29) is 23.3 Å². The van der Waals surface area contributed by atoms with Crippen LogP contribution < -0.4 is 9.47 Å². The molecule has 9 heteroatoms. The standard InChI is InChI=1S/C29H26INO6S/c1-2-36-24-16-21(15-23(30)26(24)37-18-20-10-6-12-22(14-20)28(33)34)17-25-27(32)31(29(35)38-25)13-7-11-19-8-4-3-5-9-19/h3-6,8-10,12,14-17H,2,7,11,13,18H2,1H3,(H,33,34)/b25-17+. The maximum Gasteiger partial charge on any atom is 0.335 e. The first kappa shape index (κ1) is 27.7. The quantitative estimate of drug-likeness (QED) is 0.185. The number of carboxylic acids is 1. The highest BCUT2D eigenvalue weighted by Crippen LogP contribution is 2.38. The zero-order chi connectivity index (χ0) is 27.1. The average molecular weight is 643 g/mol. The zero-order valence-electron chi connectivity index (χ0n) is 20.7. The van der Waals surface area contributed by atoms with E-state index in [9.17, 15) is 19.5 Å². The molecule has 2 amide bonds. The average Bonchev–Trinajstić information content (AvgIpc) is 3.16. The molecule has 1 heterocycles. The lowest BCUT2D eigenvalue weighted by Gasteiger charge is -2.15. The summed E-state index contributed by atoms with van der Waals surface area (Å²) in [6.45, 7) is 2.80. The first-order valence-electron chi connectivity index (χ1n) is 12.1. The fourth-order valence-electron chi connectivity index (χ4n) is 3.95. The van der Waals surface area contributed by atoms with E-state index < -0.39 is 5.97 Å². The zero-order valence-corrected chi connectivity index (χ0v) is 23.7. The van der Waals surface area contributed by atoms with Gasteiger partial charge in [-0.25, -0.2) is 4.79 Å². The molecule has 0 aromatic heterocycles. The van der Waals surface area contributed by atoms with E-state index in [1.54, 1.807) is 30.3 Å². The smallest absolute Gasteiger partial charge is 0.335 e. The molecule has 1 aliphatic rings. The molecule has 4 rings (SSSR count). The molecule has 0 unspecified atom stereocenters. The van der Waals surface area contributed by atoms with Gasteiger partial charge in [-0.05, 0) is 101 Å². The van der Waals surface area contributed by atoms with Crippen LogP contribution >= 0.6 is 34.4 Å². The third kappa shape index (κ3) is 6.96. The summed E-state index contributed by atoms with van der Waals surface area (Å²) in [4.78, 5) is 38.5. The minimum atomic E-state index is -0.999. The SMILES string of the molecule is CCOc1cc(/C=C2/SC(=O)N(CCCc3ccccc3)C2=O)cc(I)c1OCc1cccc(C(=O)O)c1. The maximum absolute atomic E-state index is 13.0. The van der Waals surface area contributed by atoms with Crippen LogP contribution in [0.2, 0.25) is 0 Å². The van der Waals surface area contributed by atoms with Gasteiger partial charge in [0.1, 0.15) is 6.61 Å². The number of imide groups is 1. The van der Waals surface area contributed by atoms with Crippen LogP contribution in [0.5, 0.6) is 11.5 Å². The Labute approximate surface area is 239 Å². The van der Waals surface area contributed by atoms with Crippen molar-refractivity contribution in [2.45, 2.75) is 26.4 Å². The van der Waals surface area contributed by atoms with Gasteiger partial charge in [0.25, 0.3) is 11.1 Å². The normalized spacial score (nSPS) is 14.3. The predicted molar refractivity (Wildman–Crippen MR) is 156 cm³/mol. The van der Waals surface area contributed by atoms with Crippen molar-refractivity contribution in [1.29, 1.82) is 0 Å². The Morgan fingerprint density at radius 1 is 1.03 bits per heavy atom. The molecule has 196 valence electrons. The van der Waals surface area contributed by atoms with Crippen LogP contribution in [0.1, 0.15) is 40.4 Å². The number of hydrogen-bond acceptors (Lipinski definition) is 6. The van der Waals surface area contributed by atoms with Gasteiger partial charge in [-0.2, -0.15) is 0 Å². The molecule has 0 aliphatic carbocycles. The van der Waals surface area contributed by atoms with E-state index in [2.05, 4.69) is 22.6 Å². The highest BCUT2D eigenvalue weighted by molar-refractivity contribution is 14.1. The third-order valence-corrected chi connectivity index (χ3v) is 7.46. The minimum absolute atomic E-state index is 0.165. The van der Waals surface area contributed by atoms with Gasteiger partial charge in [0, 0.05) is 6.54 Å². The fraction of sp³-hybridized carbons (Fsp3) is 0.207. The first-order valence-corrected chi connectivity index (χ1v) is 14.0. The summed E-state index contributed by atoms with van der Waals surface area (Å²) in [5, 5.41) is 8.96. The van der Waals surface area contributed by atoms with Crippen LogP contribution in [0.3, 0.4) is 0 Å². The Morgan fingerprint density at radius 3 is 2.53 bits per heavy atom. The Bertz CT molecular complexity index is 1370. The highest BCUT2D eigenvalue weighted by Gasteiger charge is 2.34. The summed E-state index contributed by atoms with van der Waals surface area (Å²) in [6, 6.07) is 20.2. The number of aromatic carboxylic acids is 1. The lowest BCUT2D eigenvalue weighted by atomic mass is 10.1. The van der Waals surface area contributed by atoms with E-state index >= 15 is 0 Å². The van der Waals surface area contributed by atoms with E-state index in [4.69, 9.17) is 9.47 Å². The number of carbonyl (C=O) groups is 3. The van der Waals surface area contributed by atoms with E-state index in [1.165, 1.54) is 16.5 Å². The molecule has 1 aliphatic heterocycles. The van der Waals surface area contributed by atoms with Gasteiger partial charge in [0.15, 0.2) is 11.5 Å². The number of nitrogens with zero attached hydrogens (tertiary/aromatic N) is 1. The van der Waals surface area contributed by atoms with Crippen LogP contribution in [-0.2, 0) is 17.8 Å². The van der Waals surface area contributed by atoms with Gasteiger partial charge in [0.2, 0.25) is 0 Å². The van der Waals surface area contributed by atoms with Gasteiger partial charge in [-0.3, -0.25) is 14.5 Å². The molecule has 38 heavy (non-hydrogen) atoms. The van der Waals surface area contributed by atoms with Crippen molar-refractivity contribution in [3.8, 4) is 11.5 Å². The Balaban J connectivity index is 1.47. The summed E-state index contributed by atoms with van der Waals surface area (Å²) < 4.78 is 12.6. The number of thioether (sulfide) groups is 1. The molecule has 1 N–H and O–H groups in total. The van der Waals surface area contributed by atoms with Crippen LogP contribution in [-0.4, -0.2) is 40.3 Å². The van der Waals surface area contributed by atoms with Crippen molar-refractivity contribution in [1.82, 2.24) is 4.90 Å². The van der Waals surface area contributed by atoms with Crippen LogP contribution in [0.25, 0.3) is 6.08 Å². The van der Waals surface area contributed by atoms with Crippen molar-refractivity contribution >= 4 is 57.5 Å². The summed E-state index contributed by atoms with van der Waals surface area (Å²) >= 11 is 3.08. The van der Waals surface area contributed by atoms with Crippen molar-refractivity contribution in [3.63, 3.8) is 0 Å². The fourth-order valence-corrected chi connectivity index (χ4v) is 5.60. The number of benzene rings is 3. The molecule has 3 aromatic carbocycles. The maximum atomic E-state index is 13.0. The van der Waals surface area contributed by atoms with E-state index in [0.29, 0.717) is 47.1 Å². The minimum Gasteiger partial charge on any atom is -0.490 e. The van der Waals surface area contributed by atoms with Gasteiger partial charge in [0.05, 0.1) is 20.6 Å². The van der Waals surface area contributed by atoms with Crippen LogP contribution in [0, 0.1) is 3.57 Å². The number of amides is 2. The highest BCUT2D eigenvalue weighted by atomic mass is 127. The van der Waals surface area contributed by atoms with E-state index in [0.717, 1.165) is 21.8 Å². The molecular weight excluding hydrogens is 617 g/mol. The lowest BCUT2D eigenvalue weighted by molar-refractivity contribution is -0.122. The Hall–Kier alpha value is -3.31. The molecule has 0 bridgehead atoms. The monoisotopic (exact) mass is 643 g/mol. The summed E-state index contributed by atoms with van der Waals surface area (Å²) in [6.07, 6.45) is 3.19. The molecule has 1 saturated heterocycles. The van der Waals surface area contributed by atoms with Gasteiger partial charge in [-0.1, -0.05) is 42.5 Å². The second kappa shape index (κ2) is 13.0. The van der Waals surface area contributed by atoms with Crippen LogP contribution in [0.15, 0.2) is 71.6 Å². The largest absolute Gasteiger partial charge is 0.490 e. The number of carbonyl (C=O) groups excluding carboxylic acids is 2. The number of halogens is 1. The number of rotatable bonds is 11. The topological polar surface area (TPSA) is 93.1 Å². The van der Waals surface area contributed by atoms with Crippen molar-refractivity contribution in [3.05, 3.63) is 97.5 Å². The van der Waals surface area contributed by atoms with Crippen molar-refractivity contribution in [2.75, 3.05) is 13.2 Å². The van der Waals surface area contributed by atoms with Gasteiger partial charge >= 0.3 is 5.97 Å². The van der Waals surface area contributed by atoms with Crippen LogP contribution in [0.4, 0.5) is 4.79 Å². The Morgan fingerprint density at radius 2 is 1.79 bits per heavy atom. The molecule has 0 radical (unpaired) electrons. The third-order valence-electron chi connectivity index (χ3n) is 5.75. The second-order valence-electron chi connectivity index (χ2n) is 8.48. The first-order chi connectivity index (χ1) is 18.4. The molecular formula is C29H26INO6S. The van der Waals surface area contributed by atoms with Gasteiger partial charge in [-0.15, -0.1) is 0 Å². The van der Waals surface area contributed by atoms with E-state index in [1.807, 2.05) is 43.3 Å². The van der Waals surface area contributed by atoms with Crippen molar-refractivity contribution in [2.24, 2.45) is 0 Å². The molecule has 1 fully saturated rings. The molecule has 3 aromatic rings. The molecule has 0 atom stereocenters. The summed E-state index contributed by atoms with van der Waals surface area (Å²) in [5.74, 6) is -0.262. The lowest BCUT2D eigenvalue weighted by Crippen LogP contribution is -2.29. The summed E-state index contributed by atoms with van der Waals surface area (Å²) in [5.41, 5.74) is 2.79. The number of carboxylic acid groups (broad SMARTS) is 1. The van der Waals surface area contributed by atoms with Crippen molar-refractivity contribution < 1.29 is 29.0 Å². The number of aryl methyl sites for hydroxylation is 1. The molecule has 0 spiro atoms. The Kier molecular flexibility index (Phi) is 9.46. The molecule has 7 nitrogen and oxygen atoms in total. The predicted octanol–water partition coefficient (Wildman–Crippen LogP) is 6.64. The number of ether oxygens (including phenoxy) is 2. The second-order valence-corrected chi connectivity index (χ2v) is 10.6.